The van der Waals surface area contributed by atoms with Gasteiger partial charge in [-0.05, 0) is 53.7 Å². The van der Waals surface area contributed by atoms with Crippen LogP contribution < -0.4 is 4.72 Å². The predicted molar refractivity (Wildman–Crippen MR) is 91.6 cm³/mol. The summed E-state index contributed by atoms with van der Waals surface area (Å²) >= 11 is 1.58. The summed E-state index contributed by atoms with van der Waals surface area (Å²) in [6.45, 7) is 5.97. The molecule has 0 bridgehead atoms. The van der Waals surface area contributed by atoms with Crippen LogP contribution in [0.4, 0.5) is 4.39 Å². The van der Waals surface area contributed by atoms with E-state index in [9.17, 15) is 12.8 Å². The van der Waals surface area contributed by atoms with E-state index in [1.807, 2.05) is 30.7 Å². The second-order valence-electron chi connectivity index (χ2n) is 5.10. The van der Waals surface area contributed by atoms with Crippen molar-refractivity contribution < 1.29 is 12.8 Å². The smallest absolute Gasteiger partial charge is 0.240 e. The molecule has 0 spiro atoms. The molecule has 0 amide bonds. The topological polar surface area (TPSA) is 49.4 Å². The second-order valence-corrected chi connectivity index (χ2v) is 7.65. The molecule has 4 nitrogen and oxygen atoms in total. The van der Waals surface area contributed by atoms with Crippen LogP contribution in [0.5, 0.6) is 0 Å². The molecule has 126 valence electrons. The Morgan fingerprint density at radius 1 is 1.26 bits per heavy atom. The highest BCUT2D eigenvalue weighted by Crippen LogP contribution is 2.23. The molecule has 0 saturated heterocycles. The lowest BCUT2D eigenvalue weighted by Gasteiger charge is -2.29. The fraction of sp³-hybridized carbons (Fsp3) is 0.375. The summed E-state index contributed by atoms with van der Waals surface area (Å²) in [6, 6.07) is 7.00. The summed E-state index contributed by atoms with van der Waals surface area (Å²) in [5.74, 6) is -0.564. The van der Waals surface area contributed by atoms with Crippen LogP contribution in [0.15, 0.2) is 46.0 Å². The van der Waals surface area contributed by atoms with Crippen molar-refractivity contribution in [1.29, 1.82) is 0 Å². The maximum Gasteiger partial charge on any atom is 0.240 e. The van der Waals surface area contributed by atoms with E-state index in [4.69, 9.17) is 0 Å². The average molecular weight is 356 g/mol. The minimum atomic E-state index is -3.73. The van der Waals surface area contributed by atoms with Crippen molar-refractivity contribution in [3.8, 4) is 0 Å². The monoisotopic (exact) mass is 356 g/mol. The van der Waals surface area contributed by atoms with Crippen molar-refractivity contribution in [1.82, 2.24) is 9.62 Å². The molecule has 1 N–H and O–H groups in total. The van der Waals surface area contributed by atoms with Gasteiger partial charge in [-0.3, -0.25) is 4.90 Å². The predicted octanol–water partition coefficient (Wildman–Crippen LogP) is 3.25. The number of nitrogens with zero attached hydrogens (tertiary/aromatic N) is 1. The van der Waals surface area contributed by atoms with Gasteiger partial charge in [0.1, 0.15) is 5.82 Å². The van der Waals surface area contributed by atoms with Crippen molar-refractivity contribution in [3.63, 3.8) is 0 Å². The van der Waals surface area contributed by atoms with Crippen molar-refractivity contribution in [2.75, 3.05) is 19.6 Å². The lowest BCUT2D eigenvalue weighted by atomic mass is 10.1. The van der Waals surface area contributed by atoms with Gasteiger partial charge in [-0.25, -0.2) is 17.5 Å². The molecule has 23 heavy (non-hydrogen) atoms. The van der Waals surface area contributed by atoms with Gasteiger partial charge in [-0.1, -0.05) is 19.9 Å². The zero-order valence-corrected chi connectivity index (χ0v) is 14.8. The highest BCUT2D eigenvalue weighted by atomic mass is 32.2. The number of sulfonamides is 1. The summed E-state index contributed by atoms with van der Waals surface area (Å²) < 4.78 is 40.6. The van der Waals surface area contributed by atoms with Gasteiger partial charge < -0.3 is 0 Å². The van der Waals surface area contributed by atoms with E-state index in [2.05, 4.69) is 9.62 Å². The van der Waals surface area contributed by atoms with Crippen LogP contribution in [0.1, 0.15) is 25.5 Å². The van der Waals surface area contributed by atoms with Crippen molar-refractivity contribution in [3.05, 3.63) is 52.5 Å². The maximum atomic E-state index is 13.3. The molecule has 0 aliphatic carbocycles. The number of halogens is 1. The third-order valence-corrected chi connectivity index (χ3v) is 5.88. The van der Waals surface area contributed by atoms with Gasteiger partial charge in [-0.15, -0.1) is 0 Å². The Morgan fingerprint density at radius 2 is 2.00 bits per heavy atom. The van der Waals surface area contributed by atoms with Crippen LogP contribution in [-0.2, 0) is 10.0 Å². The molecule has 1 aromatic heterocycles. The molecule has 7 heteroatoms. The Hall–Kier alpha value is -1.28. The Kier molecular flexibility index (Phi) is 6.29. The van der Waals surface area contributed by atoms with E-state index in [1.54, 1.807) is 11.3 Å². The summed E-state index contributed by atoms with van der Waals surface area (Å²) in [4.78, 5) is 2.14. The fourth-order valence-corrected chi connectivity index (χ4v) is 4.27. The zero-order valence-electron chi connectivity index (χ0n) is 13.2. The standard InChI is InChI=1S/C16H21FN2O2S2/c1-3-19(4-2)16(13-8-9-22-12-13)11-18-23(20,21)15-7-5-6-14(17)10-15/h5-10,12,16,18H,3-4,11H2,1-2H3. The Morgan fingerprint density at radius 3 is 2.57 bits per heavy atom. The van der Waals surface area contributed by atoms with Crippen LogP contribution in [-0.4, -0.2) is 33.0 Å². The third kappa shape index (κ3) is 4.60. The molecule has 1 aromatic carbocycles. The summed E-state index contributed by atoms with van der Waals surface area (Å²) in [5.41, 5.74) is 1.08. The molecule has 0 aliphatic heterocycles. The van der Waals surface area contributed by atoms with Gasteiger partial charge in [0.15, 0.2) is 0 Å². The minimum Gasteiger partial charge on any atom is -0.296 e. The summed E-state index contributed by atoms with van der Waals surface area (Å²) in [7, 11) is -3.73. The Balaban J connectivity index is 2.17. The van der Waals surface area contributed by atoms with Gasteiger partial charge in [0.2, 0.25) is 10.0 Å². The van der Waals surface area contributed by atoms with Crippen molar-refractivity contribution in [2.45, 2.75) is 24.8 Å². The van der Waals surface area contributed by atoms with E-state index < -0.39 is 15.8 Å². The number of rotatable bonds is 8. The minimum absolute atomic E-state index is 0.0421. The fourth-order valence-electron chi connectivity index (χ4n) is 2.49. The third-order valence-electron chi connectivity index (χ3n) is 3.75. The van der Waals surface area contributed by atoms with E-state index in [0.29, 0.717) is 0 Å². The summed E-state index contributed by atoms with van der Waals surface area (Å²) in [6.07, 6.45) is 0. The lowest BCUT2D eigenvalue weighted by molar-refractivity contribution is 0.220. The number of hydrogen-bond acceptors (Lipinski definition) is 4. The van der Waals surface area contributed by atoms with Crippen LogP contribution in [0.2, 0.25) is 0 Å². The SMILES string of the molecule is CCN(CC)C(CNS(=O)(=O)c1cccc(F)c1)c1ccsc1. The van der Waals surface area contributed by atoms with Crippen LogP contribution in [0, 0.1) is 5.82 Å². The molecule has 2 rings (SSSR count). The molecular formula is C16H21FN2O2S2. The van der Waals surface area contributed by atoms with E-state index in [1.165, 1.54) is 18.2 Å². The molecule has 0 aliphatic rings. The first-order valence-corrected chi connectivity index (χ1v) is 9.92. The van der Waals surface area contributed by atoms with Gasteiger partial charge >= 0.3 is 0 Å². The first kappa shape index (κ1) is 18.1. The van der Waals surface area contributed by atoms with Gasteiger partial charge in [-0.2, -0.15) is 11.3 Å². The van der Waals surface area contributed by atoms with Crippen LogP contribution >= 0.6 is 11.3 Å². The van der Waals surface area contributed by atoms with E-state index in [0.717, 1.165) is 24.7 Å². The van der Waals surface area contributed by atoms with Crippen LogP contribution in [0.3, 0.4) is 0 Å². The largest absolute Gasteiger partial charge is 0.296 e. The second kappa shape index (κ2) is 8.01. The number of benzene rings is 1. The molecule has 2 aromatic rings. The number of nitrogens with one attached hydrogen (secondary N) is 1. The number of likely N-dealkylation sites (N-methyl/N-ethyl adjacent to an activating group) is 1. The van der Waals surface area contributed by atoms with Gasteiger partial charge in [0.25, 0.3) is 0 Å². The van der Waals surface area contributed by atoms with E-state index >= 15 is 0 Å². The number of thiophene rings is 1. The van der Waals surface area contributed by atoms with Crippen LogP contribution in [0.25, 0.3) is 0 Å². The first-order chi connectivity index (χ1) is 11.0. The Labute approximate surface area is 141 Å². The summed E-state index contributed by atoms with van der Waals surface area (Å²) in [5, 5.41) is 4.01. The normalized spacial score (nSPS) is 13.4. The number of hydrogen-bond donors (Lipinski definition) is 1. The molecule has 0 radical (unpaired) electrons. The first-order valence-electron chi connectivity index (χ1n) is 7.49. The van der Waals surface area contributed by atoms with E-state index in [-0.39, 0.29) is 17.5 Å². The maximum absolute atomic E-state index is 13.3. The highest BCUT2D eigenvalue weighted by molar-refractivity contribution is 7.89. The molecular weight excluding hydrogens is 335 g/mol. The highest BCUT2D eigenvalue weighted by Gasteiger charge is 2.22. The molecule has 1 atom stereocenters. The molecule has 1 heterocycles. The molecule has 1 unspecified atom stereocenters. The van der Waals surface area contributed by atoms with Gasteiger partial charge in [0.05, 0.1) is 4.90 Å². The van der Waals surface area contributed by atoms with Gasteiger partial charge in [0, 0.05) is 12.6 Å². The van der Waals surface area contributed by atoms with Crippen molar-refractivity contribution in [2.24, 2.45) is 0 Å². The Bertz CT molecular complexity index is 713. The molecule has 0 fully saturated rings. The zero-order chi connectivity index (χ0) is 16.9. The quantitative estimate of drug-likeness (QED) is 0.790. The molecule has 0 saturated carbocycles. The van der Waals surface area contributed by atoms with Crippen molar-refractivity contribution >= 4 is 21.4 Å². The average Bonchev–Trinajstić information content (AvgIpc) is 3.05. The lowest BCUT2D eigenvalue weighted by Crippen LogP contribution is -2.37.